The molecule has 22 heavy (non-hydrogen) atoms. The van der Waals surface area contributed by atoms with Crippen LogP contribution in [0.1, 0.15) is 16.1 Å². The van der Waals surface area contributed by atoms with Crippen molar-refractivity contribution in [3.63, 3.8) is 0 Å². The Hall–Kier alpha value is -3.15. The molecule has 0 atom stereocenters. The Morgan fingerprint density at radius 3 is 2.77 bits per heavy atom. The number of amides is 1. The minimum atomic E-state index is -0.514. The van der Waals surface area contributed by atoms with Gasteiger partial charge in [-0.05, 0) is 30.7 Å². The number of nitrogens with zero attached hydrogens (tertiary/aromatic N) is 1. The van der Waals surface area contributed by atoms with Crippen LogP contribution in [-0.2, 0) is 0 Å². The second kappa shape index (κ2) is 5.33. The zero-order chi connectivity index (χ0) is 15.7. The predicted octanol–water partition coefficient (Wildman–Crippen LogP) is 3.90. The fourth-order valence-electron chi connectivity index (χ4n) is 2.14. The fourth-order valence-corrected chi connectivity index (χ4v) is 2.14. The van der Waals surface area contributed by atoms with Crippen molar-refractivity contribution in [3.8, 4) is 0 Å². The van der Waals surface area contributed by atoms with Crippen LogP contribution in [-0.4, -0.2) is 10.8 Å². The van der Waals surface area contributed by atoms with Crippen molar-refractivity contribution >= 4 is 28.3 Å². The third-order valence-corrected chi connectivity index (χ3v) is 3.21. The molecular formula is C16H12N2O4. The number of nitro benzene ring substituents is 1. The van der Waals surface area contributed by atoms with Crippen molar-refractivity contribution < 1.29 is 14.1 Å². The third kappa shape index (κ3) is 2.67. The Balaban J connectivity index is 1.86. The minimum absolute atomic E-state index is 0.0852. The summed E-state index contributed by atoms with van der Waals surface area (Å²) in [4.78, 5) is 22.4. The Labute approximate surface area is 125 Å². The van der Waals surface area contributed by atoms with Gasteiger partial charge in [0.25, 0.3) is 11.6 Å². The van der Waals surface area contributed by atoms with E-state index in [0.717, 1.165) is 10.9 Å². The molecule has 0 aliphatic carbocycles. The first-order valence-corrected chi connectivity index (χ1v) is 6.59. The summed E-state index contributed by atoms with van der Waals surface area (Å²) in [5.41, 5.74) is 1.92. The highest BCUT2D eigenvalue weighted by atomic mass is 16.6. The van der Waals surface area contributed by atoms with Gasteiger partial charge in [-0.1, -0.05) is 18.2 Å². The number of rotatable bonds is 3. The number of fused-ring (bicyclic) bond motifs is 1. The summed E-state index contributed by atoms with van der Waals surface area (Å²) in [6.45, 7) is 1.94. The van der Waals surface area contributed by atoms with Crippen molar-refractivity contribution in [2.45, 2.75) is 6.92 Å². The lowest BCUT2D eigenvalue weighted by atomic mass is 10.2. The van der Waals surface area contributed by atoms with E-state index in [-0.39, 0.29) is 11.4 Å². The molecule has 6 nitrogen and oxygen atoms in total. The van der Waals surface area contributed by atoms with E-state index in [1.54, 1.807) is 12.1 Å². The molecule has 0 fully saturated rings. The molecule has 2 aromatic carbocycles. The molecule has 1 aromatic heterocycles. The minimum Gasteiger partial charge on any atom is -0.451 e. The van der Waals surface area contributed by atoms with Gasteiger partial charge >= 0.3 is 0 Å². The van der Waals surface area contributed by atoms with Gasteiger partial charge in [0.1, 0.15) is 5.58 Å². The monoisotopic (exact) mass is 296 g/mol. The average molecular weight is 296 g/mol. The fraction of sp³-hybridized carbons (Fsp3) is 0.0625. The second-order valence-electron chi connectivity index (χ2n) is 4.91. The molecular weight excluding hydrogens is 284 g/mol. The first-order chi connectivity index (χ1) is 10.5. The molecule has 1 heterocycles. The zero-order valence-electron chi connectivity index (χ0n) is 11.7. The number of anilines is 1. The second-order valence-corrected chi connectivity index (χ2v) is 4.91. The number of benzene rings is 2. The van der Waals surface area contributed by atoms with Gasteiger partial charge in [-0.25, -0.2) is 0 Å². The summed E-state index contributed by atoms with van der Waals surface area (Å²) < 4.78 is 5.51. The lowest BCUT2D eigenvalue weighted by molar-refractivity contribution is -0.384. The van der Waals surface area contributed by atoms with Gasteiger partial charge < -0.3 is 9.73 Å². The van der Waals surface area contributed by atoms with Crippen LogP contribution in [0.4, 0.5) is 11.4 Å². The van der Waals surface area contributed by atoms with Gasteiger partial charge in [0.2, 0.25) is 0 Å². The molecule has 1 N–H and O–H groups in total. The molecule has 3 rings (SSSR count). The largest absolute Gasteiger partial charge is 0.451 e. The number of aryl methyl sites for hydroxylation is 1. The molecule has 0 unspecified atom stereocenters. The number of hydrogen-bond donors (Lipinski definition) is 1. The Morgan fingerprint density at radius 2 is 2.00 bits per heavy atom. The summed E-state index contributed by atoms with van der Waals surface area (Å²) >= 11 is 0. The number of nitrogens with one attached hydrogen (secondary N) is 1. The SMILES string of the molecule is Cc1ccc2cc(C(=O)Nc3cccc([N+](=O)[O-])c3)oc2c1. The molecule has 1 amide bonds. The van der Waals surface area contributed by atoms with Crippen molar-refractivity contribution in [2.75, 3.05) is 5.32 Å². The number of furan rings is 1. The van der Waals surface area contributed by atoms with Crippen LogP contribution in [0.2, 0.25) is 0 Å². The zero-order valence-corrected chi connectivity index (χ0v) is 11.7. The first kappa shape index (κ1) is 13.8. The molecule has 0 aliphatic rings. The Morgan fingerprint density at radius 1 is 1.18 bits per heavy atom. The Bertz CT molecular complexity index is 883. The smallest absolute Gasteiger partial charge is 0.291 e. The standard InChI is InChI=1S/C16H12N2O4/c1-10-5-6-11-8-15(22-14(11)7-10)16(19)17-12-3-2-4-13(9-12)18(20)21/h2-9H,1H3,(H,17,19). The molecule has 3 aromatic rings. The van der Waals surface area contributed by atoms with Crippen LogP contribution in [0.15, 0.2) is 52.9 Å². The van der Waals surface area contributed by atoms with E-state index in [2.05, 4.69) is 5.32 Å². The predicted molar refractivity (Wildman–Crippen MR) is 82.0 cm³/mol. The maximum atomic E-state index is 12.2. The lowest BCUT2D eigenvalue weighted by Gasteiger charge is -2.02. The summed E-state index contributed by atoms with van der Waals surface area (Å²) in [6.07, 6.45) is 0. The van der Waals surface area contributed by atoms with Crippen LogP contribution in [0.5, 0.6) is 0 Å². The number of hydrogen-bond acceptors (Lipinski definition) is 4. The summed E-state index contributed by atoms with van der Waals surface area (Å²) in [7, 11) is 0. The van der Waals surface area contributed by atoms with Crippen molar-refractivity contribution in [2.24, 2.45) is 0 Å². The quantitative estimate of drug-likeness (QED) is 0.586. The number of non-ortho nitro benzene ring substituents is 1. The van der Waals surface area contributed by atoms with E-state index in [0.29, 0.717) is 11.3 Å². The summed E-state index contributed by atoms with van der Waals surface area (Å²) in [6, 6.07) is 13.0. The van der Waals surface area contributed by atoms with E-state index in [1.165, 1.54) is 18.2 Å². The van der Waals surface area contributed by atoms with Crippen LogP contribution < -0.4 is 5.32 Å². The van der Waals surface area contributed by atoms with Crippen LogP contribution in [0.25, 0.3) is 11.0 Å². The molecule has 0 saturated carbocycles. The molecule has 0 aliphatic heterocycles. The number of nitro groups is 1. The van der Waals surface area contributed by atoms with Gasteiger partial charge in [-0.15, -0.1) is 0 Å². The third-order valence-electron chi connectivity index (χ3n) is 3.21. The molecule has 0 spiro atoms. The van der Waals surface area contributed by atoms with E-state index >= 15 is 0 Å². The van der Waals surface area contributed by atoms with Crippen molar-refractivity contribution in [1.82, 2.24) is 0 Å². The average Bonchev–Trinajstić information content (AvgIpc) is 2.90. The molecule has 0 bridgehead atoms. The number of carbonyl (C=O) groups is 1. The Kier molecular flexibility index (Phi) is 3.34. The summed E-state index contributed by atoms with van der Waals surface area (Å²) in [5, 5.41) is 14.2. The van der Waals surface area contributed by atoms with Crippen LogP contribution >= 0.6 is 0 Å². The van der Waals surface area contributed by atoms with Crippen molar-refractivity contribution in [3.05, 3.63) is 70.0 Å². The highest BCUT2D eigenvalue weighted by Crippen LogP contribution is 2.22. The normalized spacial score (nSPS) is 10.6. The van der Waals surface area contributed by atoms with E-state index in [9.17, 15) is 14.9 Å². The van der Waals surface area contributed by atoms with Crippen molar-refractivity contribution in [1.29, 1.82) is 0 Å². The maximum Gasteiger partial charge on any atom is 0.291 e. The van der Waals surface area contributed by atoms with Crippen LogP contribution in [0, 0.1) is 17.0 Å². The molecule has 110 valence electrons. The molecule has 0 saturated heterocycles. The van der Waals surface area contributed by atoms with E-state index in [1.807, 2.05) is 25.1 Å². The van der Waals surface area contributed by atoms with Gasteiger partial charge in [0, 0.05) is 23.2 Å². The van der Waals surface area contributed by atoms with Gasteiger partial charge in [-0.2, -0.15) is 0 Å². The molecule has 6 heteroatoms. The van der Waals surface area contributed by atoms with Crippen LogP contribution in [0.3, 0.4) is 0 Å². The summed E-state index contributed by atoms with van der Waals surface area (Å²) in [5.74, 6) is -0.290. The lowest BCUT2D eigenvalue weighted by Crippen LogP contribution is -2.10. The maximum absolute atomic E-state index is 12.2. The first-order valence-electron chi connectivity index (χ1n) is 6.59. The van der Waals surface area contributed by atoms with E-state index in [4.69, 9.17) is 4.42 Å². The van der Waals surface area contributed by atoms with Gasteiger partial charge in [0.05, 0.1) is 4.92 Å². The molecule has 0 radical (unpaired) electrons. The topological polar surface area (TPSA) is 85.4 Å². The highest BCUT2D eigenvalue weighted by Gasteiger charge is 2.14. The van der Waals surface area contributed by atoms with Gasteiger partial charge in [-0.3, -0.25) is 14.9 Å². The van der Waals surface area contributed by atoms with Gasteiger partial charge in [0.15, 0.2) is 5.76 Å². The highest BCUT2D eigenvalue weighted by molar-refractivity contribution is 6.04. The van der Waals surface area contributed by atoms with E-state index < -0.39 is 10.8 Å². The number of carbonyl (C=O) groups excluding carboxylic acids is 1.